The number of alkyl halides is 4. The second-order valence-corrected chi connectivity index (χ2v) is 14.6. The average molecular weight is 718 g/mol. The molecule has 1 saturated heterocycles. The van der Waals surface area contributed by atoms with E-state index in [0.29, 0.717) is 38.5 Å². The third-order valence-electron chi connectivity index (χ3n) is 9.17. The number of hydrogen-bond acceptors (Lipinski definition) is 8. The van der Waals surface area contributed by atoms with Crippen molar-refractivity contribution in [3.63, 3.8) is 0 Å². The van der Waals surface area contributed by atoms with Gasteiger partial charge in [-0.3, -0.25) is 14.6 Å². The van der Waals surface area contributed by atoms with Crippen LogP contribution in [0.25, 0.3) is 11.3 Å². The van der Waals surface area contributed by atoms with E-state index in [1.807, 2.05) is 39.8 Å². The molecule has 3 atom stereocenters. The predicted molar refractivity (Wildman–Crippen MR) is 176 cm³/mol. The highest BCUT2D eigenvalue weighted by atomic mass is 35.5. The normalized spacial score (nSPS) is 23.9. The Hall–Kier alpha value is -4.73. The molecule has 1 fully saturated rings. The Balaban J connectivity index is 1.37. The molecule has 0 radical (unpaired) electrons. The monoisotopic (exact) mass is 717 g/mol. The van der Waals surface area contributed by atoms with Gasteiger partial charge in [0.1, 0.15) is 19.3 Å². The number of benzene rings is 1. The Morgan fingerprint density at radius 1 is 1.18 bits per heavy atom. The van der Waals surface area contributed by atoms with Crippen LogP contribution in [-0.2, 0) is 9.53 Å². The van der Waals surface area contributed by atoms with Crippen LogP contribution in [0, 0.1) is 10.8 Å². The molecule has 1 aromatic carbocycles. The van der Waals surface area contributed by atoms with Crippen molar-refractivity contribution in [1.29, 1.82) is 0 Å². The van der Waals surface area contributed by atoms with Gasteiger partial charge in [0, 0.05) is 17.2 Å². The van der Waals surface area contributed by atoms with Gasteiger partial charge < -0.3 is 10.5 Å². The zero-order chi connectivity index (χ0) is 36.2. The van der Waals surface area contributed by atoms with Crippen LogP contribution in [0.5, 0.6) is 0 Å². The summed E-state index contributed by atoms with van der Waals surface area (Å²) in [6.07, 6.45) is 10.4. The fourth-order valence-corrected chi connectivity index (χ4v) is 6.86. The minimum Gasteiger partial charge on any atom is -0.447 e. The molecule has 1 unspecified atom stereocenters. The first-order valence-corrected chi connectivity index (χ1v) is 16.1. The second-order valence-electron chi connectivity index (χ2n) is 14.2. The molecule has 2 aliphatic heterocycles. The molecule has 0 bridgehead atoms. The molecule has 6 rings (SSSR count). The molecular formula is C33H36ClF4N9O3. The lowest BCUT2D eigenvalue weighted by atomic mass is 9.61. The summed E-state index contributed by atoms with van der Waals surface area (Å²) in [7, 11) is 0. The standard InChI is InChI=1S/C33H36ClF4N9O3/c1-30(2,3)15-33(31(4)9-7-20(8-10-31)22-12-41-45(13-22)27(35)36)26(48)47(28(39)43-33)25(14-50-29(49)44-16-32(37,38)17-44)21-5-6-23(34)24(11-21)46-19-40-18-42-46/h5-9,11-13,18-19,25,27H,10,14-17H2,1-4H3,(H2,39,43)/t25-,31?,33+/m1/s1. The molecule has 3 aromatic rings. The van der Waals surface area contributed by atoms with Crippen LogP contribution in [-0.4, -0.2) is 83.5 Å². The number of allylic oxidation sites excluding steroid dienone is 3. The van der Waals surface area contributed by atoms with Crippen LogP contribution < -0.4 is 5.73 Å². The third-order valence-corrected chi connectivity index (χ3v) is 9.49. The molecule has 0 saturated carbocycles. The van der Waals surface area contributed by atoms with E-state index in [-0.39, 0.29) is 12.4 Å². The molecular weight excluding hydrogens is 682 g/mol. The zero-order valence-corrected chi connectivity index (χ0v) is 28.5. The molecule has 17 heteroatoms. The molecule has 50 heavy (non-hydrogen) atoms. The smallest absolute Gasteiger partial charge is 0.410 e. The van der Waals surface area contributed by atoms with Gasteiger partial charge in [-0.25, -0.2) is 32.9 Å². The number of nitrogens with zero attached hydrogens (tertiary/aromatic N) is 8. The van der Waals surface area contributed by atoms with E-state index in [2.05, 4.69) is 15.2 Å². The maximum atomic E-state index is 15.1. The Morgan fingerprint density at radius 3 is 2.50 bits per heavy atom. The first-order chi connectivity index (χ1) is 23.4. The van der Waals surface area contributed by atoms with Crippen molar-refractivity contribution in [1.82, 2.24) is 34.3 Å². The topological polar surface area (TPSA) is 137 Å². The minimum absolute atomic E-state index is 0.129. The molecule has 1 aliphatic carbocycles. The summed E-state index contributed by atoms with van der Waals surface area (Å²) in [5, 5.41) is 8.20. The number of carbonyl (C=O) groups excluding carboxylic acids is 2. The SMILES string of the molecule is CC(C)(C)C[C@]1(C2(C)C=CC(c3cnn(C(F)F)c3)=CC2)N=C(N)N([C@H](COC(=O)N2CC(F)(F)C2)c2ccc(Cl)c(-n3cncn3)c2)C1=O. The van der Waals surface area contributed by atoms with Crippen LogP contribution in [0.1, 0.15) is 64.3 Å². The molecule has 4 heterocycles. The summed E-state index contributed by atoms with van der Waals surface area (Å²) >= 11 is 6.51. The molecule has 2 N–H and O–H groups in total. The van der Waals surface area contributed by atoms with Gasteiger partial charge in [-0.15, -0.1) is 0 Å². The van der Waals surface area contributed by atoms with Crippen molar-refractivity contribution in [2.24, 2.45) is 21.6 Å². The van der Waals surface area contributed by atoms with Crippen molar-refractivity contribution in [2.75, 3.05) is 19.7 Å². The number of rotatable bonds is 9. The van der Waals surface area contributed by atoms with Gasteiger partial charge in [-0.1, -0.05) is 63.6 Å². The highest BCUT2D eigenvalue weighted by molar-refractivity contribution is 6.32. The predicted octanol–water partition coefficient (Wildman–Crippen LogP) is 6.02. The number of nitrogens with two attached hydrogens (primary N) is 1. The van der Waals surface area contributed by atoms with E-state index in [0.717, 1.165) is 4.90 Å². The molecule has 12 nitrogen and oxygen atoms in total. The van der Waals surface area contributed by atoms with Crippen molar-refractivity contribution in [2.45, 2.75) is 64.6 Å². The Morgan fingerprint density at radius 2 is 1.92 bits per heavy atom. The van der Waals surface area contributed by atoms with Gasteiger partial charge in [0.25, 0.3) is 11.8 Å². The highest BCUT2D eigenvalue weighted by Gasteiger charge is 2.61. The summed E-state index contributed by atoms with van der Waals surface area (Å²) < 4.78 is 61.1. The molecule has 266 valence electrons. The van der Waals surface area contributed by atoms with E-state index in [1.54, 1.807) is 24.3 Å². The third kappa shape index (κ3) is 6.48. The van der Waals surface area contributed by atoms with Crippen LogP contribution in [0.15, 0.2) is 66.5 Å². The maximum absolute atomic E-state index is 15.1. The van der Waals surface area contributed by atoms with E-state index in [4.69, 9.17) is 27.1 Å². The lowest BCUT2D eigenvalue weighted by Crippen LogP contribution is -2.59. The first kappa shape index (κ1) is 35.1. The number of halogens is 5. The summed E-state index contributed by atoms with van der Waals surface area (Å²) in [5.74, 6) is -3.60. The lowest BCUT2D eigenvalue weighted by molar-refractivity contribution is -0.139. The lowest BCUT2D eigenvalue weighted by Gasteiger charge is -2.45. The van der Waals surface area contributed by atoms with Gasteiger partial charge in [-0.2, -0.15) is 19.0 Å². The van der Waals surface area contributed by atoms with Gasteiger partial charge in [0.2, 0.25) is 0 Å². The molecule has 2 aromatic heterocycles. The fraction of sp³-hybridized carbons (Fsp3) is 0.455. The van der Waals surface area contributed by atoms with Crippen LogP contribution in [0.4, 0.5) is 22.4 Å². The largest absolute Gasteiger partial charge is 0.447 e. The number of aliphatic imine (C=N–C) groups is 1. The summed E-state index contributed by atoms with van der Waals surface area (Å²) in [5.41, 5.74) is 5.81. The second kappa shape index (κ2) is 12.5. The van der Waals surface area contributed by atoms with Gasteiger partial charge in [0.15, 0.2) is 11.5 Å². The van der Waals surface area contributed by atoms with Crippen molar-refractivity contribution >= 4 is 35.1 Å². The van der Waals surface area contributed by atoms with Crippen molar-refractivity contribution in [3.8, 4) is 5.69 Å². The number of guanidine groups is 1. The summed E-state index contributed by atoms with van der Waals surface area (Å²) in [6.45, 7) is 3.00. The van der Waals surface area contributed by atoms with E-state index < -0.39 is 66.6 Å². The molecule has 3 aliphatic rings. The Kier molecular flexibility index (Phi) is 8.81. The number of aromatic nitrogens is 5. The van der Waals surface area contributed by atoms with Crippen LogP contribution in [0.3, 0.4) is 0 Å². The molecule has 0 spiro atoms. The summed E-state index contributed by atoms with van der Waals surface area (Å²) in [6, 6.07) is 3.82. The van der Waals surface area contributed by atoms with E-state index in [1.165, 1.54) is 34.6 Å². The minimum atomic E-state index is -3.00. The van der Waals surface area contributed by atoms with E-state index in [9.17, 15) is 22.4 Å². The number of amides is 2. The van der Waals surface area contributed by atoms with Crippen LogP contribution >= 0.6 is 11.6 Å². The van der Waals surface area contributed by atoms with E-state index >= 15 is 4.79 Å². The first-order valence-electron chi connectivity index (χ1n) is 15.8. The number of hydrogen-bond donors (Lipinski definition) is 1. The highest BCUT2D eigenvalue weighted by Crippen LogP contribution is 2.52. The Labute approximate surface area is 290 Å². The molecule has 2 amide bonds. The average Bonchev–Trinajstić information content (AvgIpc) is 3.78. The van der Waals surface area contributed by atoms with Gasteiger partial charge >= 0.3 is 12.6 Å². The van der Waals surface area contributed by atoms with Crippen molar-refractivity contribution in [3.05, 3.63) is 77.6 Å². The zero-order valence-electron chi connectivity index (χ0n) is 27.7. The fourth-order valence-electron chi connectivity index (χ4n) is 6.65. The van der Waals surface area contributed by atoms with Crippen LogP contribution in [0.2, 0.25) is 5.02 Å². The number of ether oxygens (including phenoxy) is 1. The van der Waals surface area contributed by atoms with Gasteiger partial charge in [0.05, 0.1) is 36.0 Å². The summed E-state index contributed by atoms with van der Waals surface area (Å²) in [4.78, 5) is 38.9. The number of likely N-dealkylation sites (tertiary alicyclic amines) is 1. The quantitative estimate of drug-likeness (QED) is 0.267. The van der Waals surface area contributed by atoms with Gasteiger partial charge in [-0.05, 0) is 41.5 Å². The van der Waals surface area contributed by atoms with Crippen molar-refractivity contribution < 1.29 is 31.9 Å². The maximum Gasteiger partial charge on any atom is 0.410 e. The number of carbonyl (C=O) groups is 2. The Bertz CT molecular complexity index is 1880.